The Kier molecular flexibility index (Phi) is 11.8. The quantitative estimate of drug-likeness (QED) is 0.109. The van der Waals surface area contributed by atoms with E-state index in [4.69, 9.17) is 4.98 Å². The number of piperazine rings is 1. The molecule has 1 saturated heterocycles. The molecule has 5 rings (SSSR count). The predicted molar refractivity (Wildman–Crippen MR) is 185 cm³/mol. The zero-order chi connectivity index (χ0) is 33.2. The van der Waals surface area contributed by atoms with Crippen LogP contribution in [0.25, 0.3) is 0 Å². The normalized spacial score (nSPS) is 14.4. The van der Waals surface area contributed by atoms with Crippen LogP contribution in [0, 0.1) is 0 Å². The number of pyridine rings is 1. The minimum Gasteiger partial charge on any atom is -0.480 e. The molecular weight excluding hydrogens is 661 g/mol. The highest BCUT2D eigenvalue weighted by atomic mass is 32.2. The van der Waals surface area contributed by atoms with Crippen molar-refractivity contribution in [1.82, 2.24) is 25.5 Å². The average molecular weight is 699 g/mol. The number of carboxylic acids is 1. The molecule has 0 saturated carbocycles. The number of carboxylic acid groups (broad SMARTS) is 1. The van der Waals surface area contributed by atoms with Gasteiger partial charge < -0.3 is 26.0 Å². The highest BCUT2D eigenvalue weighted by molar-refractivity contribution is 7.92. The molecule has 1 atom stereocenters. The Labute approximate surface area is 282 Å². The van der Waals surface area contributed by atoms with Gasteiger partial charge in [0.05, 0.1) is 28.5 Å². The molecule has 47 heavy (non-hydrogen) atoms. The van der Waals surface area contributed by atoms with Gasteiger partial charge in [-0.1, -0.05) is 12.1 Å². The molecule has 4 aromatic rings. The first-order valence-corrected chi connectivity index (χ1v) is 18.4. The largest absolute Gasteiger partial charge is 0.480 e. The number of amides is 1. The van der Waals surface area contributed by atoms with E-state index in [1.54, 1.807) is 35.9 Å². The molecular formula is C31H38N8O5S3. The summed E-state index contributed by atoms with van der Waals surface area (Å²) in [4.78, 5) is 38.6. The highest BCUT2D eigenvalue weighted by Gasteiger charge is 2.25. The minimum absolute atomic E-state index is 0.0121. The maximum absolute atomic E-state index is 13.3. The van der Waals surface area contributed by atoms with E-state index in [0.29, 0.717) is 25.2 Å². The zero-order valence-electron chi connectivity index (χ0n) is 25.9. The number of hydrogen-bond acceptors (Lipinski definition) is 12. The van der Waals surface area contributed by atoms with Gasteiger partial charge in [-0.2, -0.15) is 0 Å². The van der Waals surface area contributed by atoms with Crippen molar-refractivity contribution in [3.8, 4) is 0 Å². The first kappa shape index (κ1) is 34.3. The lowest BCUT2D eigenvalue weighted by Gasteiger charge is -2.34. The van der Waals surface area contributed by atoms with Crippen LogP contribution in [0.5, 0.6) is 0 Å². The topological polar surface area (TPSA) is 169 Å². The summed E-state index contributed by atoms with van der Waals surface area (Å²) in [5, 5.41) is 22.8. The molecule has 0 bridgehead atoms. The summed E-state index contributed by atoms with van der Waals surface area (Å²) in [5.41, 5.74) is 2.60. The van der Waals surface area contributed by atoms with Crippen LogP contribution in [-0.4, -0.2) is 86.1 Å². The number of thiazole rings is 1. The Balaban J connectivity index is 1.15. The van der Waals surface area contributed by atoms with E-state index in [-0.39, 0.29) is 21.9 Å². The molecule has 1 amide bonds. The minimum atomic E-state index is -4.06. The molecule has 1 aliphatic heterocycles. The van der Waals surface area contributed by atoms with Gasteiger partial charge in [0.15, 0.2) is 5.13 Å². The van der Waals surface area contributed by atoms with E-state index in [2.05, 4.69) is 35.5 Å². The van der Waals surface area contributed by atoms with E-state index in [1.807, 2.05) is 29.8 Å². The lowest BCUT2D eigenvalue weighted by molar-refractivity contribution is -0.139. The van der Waals surface area contributed by atoms with Crippen molar-refractivity contribution in [3.05, 3.63) is 81.8 Å². The van der Waals surface area contributed by atoms with Gasteiger partial charge >= 0.3 is 5.97 Å². The number of aromatic nitrogens is 2. The molecule has 1 aliphatic rings. The van der Waals surface area contributed by atoms with Crippen LogP contribution >= 0.6 is 22.7 Å². The van der Waals surface area contributed by atoms with Gasteiger partial charge in [0.25, 0.3) is 15.9 Å². The number of thiophene rings is 1. The maximum Gasteiger partial charge on any atom is 0.326 e. The molecule has 0 spiro atoms. The molecule has 0 radical (unpaired) electrons. The van der Waals surface area contributed by atoms with Crippen molar-refractivity contribution in [2.75, 3.05) is 54.7 Å². The summed E-state index contributed by atoms with van der Waals surface area (Å²) < 4.78 is 29.1. The monoisotopic (exact) mass is 698 g/mol. The van der Waals surface area contributed by atoms with Crippen LogP contribution in [0.2, 0.25) is 0 Å². The van der Waals surface area contributed by atoms with Gasteiger partial charge in [-0.05, 0) is 68.2 Å². The lowest BCUT2D eigenvalue weighted by Crippen LogP contribution is -2.46. The average Bonchev–Trinajstić information content (AvgIpc) is 3.74. The highest BCUT2D eigenvalue weighted by Crippen LogP contribution is 2.27. The maximum atomic E-state index is 13.3. The first-order valence-electron chi connectivity index (χ1n) is 15.2. The van der Waals surface area contributed by atoms with Crippen LogP contribution in [0.3, 0.4) is 0 Å². The summed E-state index contributed by atoms with van der Waals surface area (Å²) in [6.07, 6.45) is 2.61. The Morgan fingerprint density at radius 3 is 2.62 bits per heavy atom. The number of carbonyl (C=O) groups is 2. The number of aliphatic carboxylic acids is 1. The van der Waals surface area contributed by atoms with Gasteiger partial charge in [-0.15, -0.1) is 22.7 Å². The number of hydrogen-bond donors (Lipinski definition) is 5. The fourth-order valence-corrected chi connectivity index (χ4v) is 7.85. The van der Waals surface area contributed by atoms with Crippen molar-refractivity contribution in [2.45, 2.75) is 36.9 Å². The zero-order valence-corrected chi connectivity index (χ0v) is 28.3. The fraction of sp³-hybridized carbons (Fsp3) is 0.355. The van der Waals surface area contributed by atoms with E-state index < -0.39 is 27.9 Å². The lowest BCUT2D eigenvalue weighted by atomic mass is 10.1. The van der Waals surface area contributed by atoms with Gasteiger partial charge in [0, 0.05) is 50.0 Å². The number of sulfonamides is 1. The van der Waals surface area contributed by atoms with Crippen LogP contribution < -0.4 is 25.6 Å². The molecule has 5 N–H and O–H groups in total. The van der Waals surface area contributed by atoms with E-state index in [9.17, 15) is 23.1 Å². The molecule has 0 unspecified atom stereocenters. The van der Waals surface area contributed by atoms with Crippen molar-refractivity contribution >= 4 is 61.1 Å². The summed E-state index contributed by atoms with van der Waals surface area (Å²) in [6.45, 7) is 5.47. The molecule has 4 heterocycles. The third kappa shape index (κ3) is 9.48. The molecule has 13 nitrogen and oxygen atoms in total. The second kappa shape index (κ2) is 16.1. The number of carbonyl (C=O) groups excluding carboxylic acids is 1. The predicted octanol–water partition coefficient (Wildman–Crippen LogP) is 3.52. The van der Waals surface area contributed by atoms with Crippen LogP contribution in [0.4, 0.5) is 16.5 Å². The summed E-state index contributed by atoms with van der Waals surface area (Å²) in [5.74, 6) is -1.80. The SMILES string of the molecule is CNCCC[C@H](NC(=O)c1sccc1NS(=O)(=O)c1cccc(NCc2csc(N3CCN(Cc4ccccn4)CC3)n2)c1)C(=O)O. The fourth-order valence-electron chi connectivity index (χ4n) is 5.04. The molecule has 0 aliphatic carbocycles. The third-order valence-electron chi connectivity index (χ3n) is 7.55. The van der Waals surface area contributed by atoms with Gasteiger partial charge in [-0.25, -0.2) is 18.2 Å². The van der Waals surface area contributed by atoms with Crippen LogP contribution in [0.1, 0.15) is 33.9 Å². The summed E-state index contributed by atoms with van der Waals surface area (Å²) in [7, 11) is -2.30. The van der Waals surface area contributed by atoms with E-state index in [1.165, 1.54) is 18.2 Å². The molecule has 250 valence electrons. The van der Waals surface area contributed by atoms with Crippen LogP contribution in [0.15, 0.2) is 70.4 Å². The molecule has 1 aromatic carbocycles. The molecule has 1 fully saturated rings. The molecule has 3 aromatic heterocycles. The smallest absolute Gasteiger partial charge is 0.326 e. The van der Waals surface area contributed by atoms with Crippen LogP contribution in [-0.2, 0) is 27.9 Å². The van der Waals surface area contributed by atoms with Gasteiger partial charge in [0.1, 0.15) is 10.9 Å². The Bertz CT molecular complexity index is 1740. The number of nitrogens with zero attached hydrogens (tertiary/aromatic N) is 4. The van der Waals surface area contributed by atoms with E-state index in [0.717, 1.165) is 60.6 Å². The van der Waals surface area contributed by atoms with Crippen molar-refractivity contribution in [3.63, 3.8) is 0 Å². The third-order valence-corrected chi connectivity index (χ3v) is 10.8. The number of anilines is 3. The summed E-state index contributed by atoms with van der Waals surface area (Å²) in [6, 6.07) is 12.8. The Morgan fingerprint density at radius 1 is 1.04 bits per heavy atom. The molecule has 16 heteroatoms. The number of nitrogens with one attached hydrogen (secondary N) is 4. The standard InChI is InChI=1S/C31H38N8O5S3/c1-32-11-5-9-27(30(41)42)36-29(40)28-26(10-17-45-28)37-47(43,44)25-8-4-7-22(18-25)34-19-24-21-46-31(35-24)39-15-13-38(14-16-39)20-23-6-2-3-12-33-23/h2-4,6-8,10,12,17-18,21,27,32,34,37H,5,9,11,13-16,19-20H2,1H3,(H,36,40)(H,41,42)/t27-/m0/s1. The number of benzene rings is 1. The summed E-state index contributed by atoms with van der Waals surface area (Å²) >= 11 is 2.62. The first-order chi connectivity index (χ1) is 22.7. The number of rotatable bonds is 16. The van der Waals surface area contributed by atoms with E-state index >= 15 is 0 Å². The second-order valence-corrected chi connectivity index (χ2v) is 14.4. The van der Waals surface area contributed by atoms with Gasteiger partial charge in [0.2, 0.25) is 0 Å². The Hall–Kier alpha value is -4.09. The van der Waals surface area contributed by atoms with Crippen molar-refractivity contribution < 1.29 is 23.1 Å². The Morgan fingerprint density at radius 2 is 1.87 bits per heavy atom. The van der Waals surface area contributed by atoms with Crippen molar-refractivity contribution in [2.24, 2.45) is 0 Å². The van der Waals surface area contributed by atoms with Crippen molar-refractivity contribution in [1.29, 1.82) is 0 Å². The second-order valence-electron chi connectivity index (χ2n) is 11.0. The van der Waals surface area contributed by atoms with Gasteiger partial charge in [-0.3, -0.25) is 19.4 Å².